The summed E-state index contributed by atoms with van der Waals surface area (Å²) in [6.45, 7) is 0.392. The predicted octanol–water partition coefficient (Wildman–Crippen LogP) is 5.03. The molecule has 1 amide bonds. The van der Waals surface area contributed by atoms with Crippen LogP contribution < -0.4 is 9.64 Å². The fourth-order valence-electron chi connectivity index (χ4n) is 2.79. The van der Waals surface area contributed by atoms with Crippen LogP contribution >= 0.6 is 23.1 Å². The van der Waals surface area contributed by atoms with Gasteiger partial charge in [0.05, 0.1) is 35.3 Å². The van der Waals surface area contributed by atoms with Gasteiger partial charge in [-0.05, 0) is 48.5 Å². The number of thioether (sulfide) groups is 1. The number of fused-ring (bicyclic) bond motifs is 1. The molecule has 0 radical (unpaired) electrons. The van der Waals surface area contributed by atoms with E-state index in [9.17, 15) is 4.79 Å². The van der Waals surface area contributed by atoms with Crippen molar-refractivity contribution in [1.29, 1.82) is 0 Å². The maximum Gasteiger partial charge on any atom is 0.239 e. The topological polar surface area (TPSA) is 55.3 Å². The minimum atomic E-state index is -0.00414. The highest BCUT2D eigenvalue weighted by Crippen LogP contribution is 2.30. The first-order chi connectivity index (χ1) is 14.2. The molecule has 0 saturated heterocycles. The van der Waals surface area contributed by atoms with E-state index in [2.05, 4.69) is 9.97 Å². The number of rotatable bonds is 7. The number of hydrogen-bond donors (Lipinski definition) is 0. The monoisotopic (exact) mass is 421 g/mol. The van der Waals surface area contributed by atoms with Crippen LogP contribution in [0.1, 0.15) is 5.69 Å². The summed E-state index contributed by atoms with van der Waals surface area (Å²) in [4.78, 5) is 24.9. The molecule has 0 saturated carbocycles. The molecule has 4 aromatic rings. The van der Waals surface area contributed by atoms with Crippen molar-refractivity contribution in [3.05, 3.63) is 78.6 Å². The molecule has 2 heterocycles. The number of amides is 1. The van der Waals surface area contributed by atoms with Crippen molar-refractivity contribution in [2.45, 2.75) is 11.4 Å². The van der Waals surface area contributed by atoms with E-state index in [-0.39, 0.29) is 5.91 Å². The van der Waals surface area contributed by atoms with Gasteiger partial charge >= 0.3 is 0 Å². The third-order valence-corrected chi connectivity index (χ3v) is 6.34. The van der Waals surface area contributed by atoms with E-state index in [0.29, 0.717) is 17.4 Å². The Morgan fingerprint density at radius 1 is 1.07 bits per heavy atom. The summed E-state index contributed by atoms with van der Waals surface area (Å²) in [5.41, 5.74) is 1.73. The van der Waals surface area contributed by atoms with Crippen molar-refractivity contribution in [1.82, 2.24) is 9.97 Å². The Morgan fingerprint density at radius 3 is 2.59 bits per heavy atom. The van der Waals surface area contributed by atoms with Gasteiger partial charge in [-0.1, -0.05) is 29.5 Å². The lowest BCUT2D eigenvalue weighted by atomic mass is 10.3. The number of pyridine rings is 1. The summed E-state index contributed by atoms with van der Waals surface area (Å²) in [5.74, 6) is 1.11. The average Bonchev–Trinajstić information content (AvgIpc) is 3.21. The second kappa shape index (κ2) is 9.07. The van der Waals surface area contributed by atoms with Crippen LogP contribution in [0.2, 0.25) is 0 Å². The van der Waals surface area contributed by atoms with Crippen LogP contribution in [0.3, 0.4) is 0 Å². The molecule has 0 aliphatic carbocycles. The van der Waals surface area contributed by atoms with Crippen LogP contribution in [-0.2, 0) is 11.3 Å². The molecule has 0 unspecified atom stereocenters. The molecule has 0 N–H and O–H groups in total. The lowest BCUT2D eigenvalue weighted by molar-refractivity contribution is -0.116. The first-order valence-electron chi connectivity index (χ1n) is 9.05. The van der Waals surface area contributed by atoms with Gasteiger partial charge in [-0.3, -0.25) is 14.7 Å². The van der Waals surface area contributed by atoms with E-state index in [0.717, 1.165) is 26.6 Å². The molecule has 0 aliphatic rings. The quantitative estimate of drug-likeness (QED) is 0.392. The zero-order chi connectivity index (χ0) is 20.1. The standard InChI is InChI=1S/C22H19N3O2S2/c1-27-17-9-11-18(12-10-17)28-15-21(26)25(14-16-6-4-5-13-23-16)22-24-19-7-2-3-8-20(19)29-22/h2-13H,14-15H2,1H3. The molecule has 29 heavy (non-hydrogen) atoms. The Balaban J connectivity index is 1.55. The predicted molar refractivity (Wildman–Crippen MR) is 119 cm³/mol. The molecule has 146 valence electrons. The summed E-state index contributed by atoms with van der Waals surface area (Å²) in [7, 11) is 1.64. The number of para-hydroxylation sites is 1. The zero-order valence-electron chi connectivity index (χ0n) is 15.8. The molecule has 0 aliphatic heterocycles. The highest BCUT2D eigenvalue weighted by atomic mass is 32.2. The molecule has 2 aromatic heterocycles. The van der Waals surface area contributed by atoms with Gasteiger partial charge in [0.15, 0.2) is 5.13 Å². The van der Waals surface area contributed by atoms with Gasteiger partial charge in [-0.25, -0.2) is 4.98 Å². The maximum absolute atomic E-state index is 13.1. The summed E-state index contributed by atoms with van der Waals surface area (Å²) >= 11 is 3.02. The van der Waals surface area contributed by atoms with Crippen molar-refractivity contribution in [3.63, 3.8) is 0 Å². The molecule has 0 fully saturated rings. The third-order valence-electron chi connectivity index (χ3n) is 4.28. The van der Waals surface area contributed by atoms with Crippen LogP contribution in [0, 0.1) is 0 Å². The number of thiazole rings is 1. The second-order valence-corrected chi connectivity index (χ2v) is 8.29. The number of carbonyl (C=O) groups excluding carboxylic acids is 1. The van der Waals surface area contributed by atoms with E-state index in [1.807, 2.05) is 66.7 Å². The lowest BCUT2D eigenvalue weighted by Crippen LogP contribution is -2.32. The van der Waals surface area contributed by atoms with Crippen LogP contribution in [0.15, 0.2) is 77.8 Å². The van der Waals surface area contributed by atoms with Crippen molar-refractivity contribution in [3.8, 4) is 5.75 Å². The third kappa shape index (κ3) is 4.75. The van der Waals surface area contributed by atoms with E-state index >= 15 is 0 Å². The Morgan fingerprint density at radius 2 is 1.86 bits per heavy atom. The van der Waals surface area contributed by atoms with E-state index in [1.165, 1.54) is 23.1 Å². The fourth-order valence-corrected chi connectivity index (χ4v) is 4.54. The second-order valence-electron chi connectivity index (χ2n) is 6.23. The molecule has 5 nitrogen and oxygen atoms in total. The van der Waals surface area contributed by atoms with Crippen LogP contribution in [0.4, 0.5) is 5.13 Å². The number of carbonyl (C=O) groups is 1. The van der Waals surface area contributed by atoms with Crippen LogP contribution in [0.25, 0.3) is 10.2 Å². The van der Waals surface area contributed by atoms with Gasteiger partial charge in [-0.15, -0.1) is 11.8 Å². The molecule has 0 spiro atoms. The molecule has 7 heteroatoms. The van der Waals surface area contributed by atoms with Crippen molar-refractivity contribution < 1.29 is 9.53 Å². The minimum Gasteiger partial charge on any atom is -0.497 e. The van der Waals surface area contributed by atoms with Gasteiger partial charge in [0.1, 0.15) is 5.75 Å². The van der Waals surface area contributed by atoms with Crippen LogP contribution in [-0.4, -0.2) is 28.7 Å². The number of nitrogens with zero attached hydrogens (tertiary/aromatic N) is 3. The van der Waals surface area contributed by atoms with Gasteiger partial charge in [0.25, 0.3) is 0 Å². The van der Waals surface area contributed by atoms with E-state index in [4.69, 9.17) is 4.74 Å². The normalized spacial score (nSPS) is 10.8. The number of benzene rings is 2. The van der Waals surface area contributed by atoms with Crippen molar-refractivity contribution in [2.24, 2.45) is 0 Å². The van der Waals surface area contributed by atoms with E-state index < -0.39 is 0 Å². The average molecular weight is 422 g/mol. The summed E-state index contributed by atoms with van der Waals surface area (Å²) in [6.07, 6.45) is 1.74. The zero-order valence-corrected chi connectivity index (χ0v) is 17.5. The summed E-state index contributed by atoms with van der Waals surface area (Å²) in [6, 6.07) is 21.3. The van der Waals surface area contributed by atoms with Gasteiger partial charge in [0.2, 0.25) is 5.91 Å². The molecule has 2 aromatic carbocycles. The highest BCUT2D eigenvalue weighted by molar-refractivity contribution is 8.00. The van der Waals surface area contributed by atoms with E-state index in [1.54, 1.807) is 18.2 Å². The molecule has 0 bridgehead atoms. The van der Waals surface area contributed by atoms with Gasteiger partial charge < -0.3 is 4.74 Å². The molecular weight excluding hydrogens is 402 g/mol. The first-order valence-corrected chi connectivity index (χ1v) is 10.9. The Labute approximate surface area is 177 Å². The van der Waals surface area contributed by atoms with Gasteiger partial charge in [0, 0.05) is 11.1 Å². The number of ether oxygens (including phenoxy) is 1. The summed E-state index contributed by atoms with van der Waals surface area (Å²) < 4.78 is 6.25. The lowest BCUT2D eigenvalue weighted by Gasteiger charge is -2.19. The summed E-state index contributed by atoms with van der Waals surface area (Å²) in [5, 5.41) is 0.692. The smallest absolute Gasteiger partial charge is 0.239 e. The fraction of sp³-hybridized carbons (Fsp3) is 0.136. The molecular formula is C22H19N3O2S2. The van der Waals surface area contributed by atoms with Crippen molar-refractivity contribution in [2.75, 3.05) is 17.8 Å². The molecule has 4 rings (SSSR count). The Bertz CT molecular complexity index is 1060. The van der Waals surface area contributed by atoms with Crippen LogP contribution in [0.5, 0.6) is 5.75 Å². The van der Waals surface area contributed by atoms with Gasteiger partial charge in [-0.2, -0.15) is 0 Å². The Kier molecular flexibility index (Phi) is 6.07. The Hall–Kier alpha value is -2.90. The highest BCUT2D eigenvalue weighted by Gasteiger charge is 2.21. The number of aromatic nitrogens is 2. The first kappa shape index (κ1) is 19.4. The number of methoxy groups -OCH3 is 1. The number of anilines is 1. The molecule has 0 atom stereocenters. The maximum atomic E-state index is 13.1. The van der Waals surface area contributed by atoms with Crippen molar-refractivity contribution >= 4 is 44.4 Å². The number of hydrogen-bond acceptors (Lipinski definition) is 6. The largest absolute Gasteiger partial charge is 0.497 e. The SMILES string of the molecule is COc1ccc(SCC(=O)N(Cc2ccccn2)c2nc3ccccc3s2)cc1. The minimum absolute atomic E-state index is 0.00414.